The summed E-state index contributed by atoms with van der Waals surface area (Å²) in [7, 11) is 0. The molecule has 0 spiro atoms. The third-order valence-electron chi connectivity index (χ3n) is 4.77. The molecule has 0 aliphatic heterocycles. The van der Waals surface area contributed by atoms with Gasteiger partial charge in [-0.3, -0.25) is 9.69 Å². The molecule has 0 atom stereocenters. The van der Waals surface area contributed by atoms with E-state index in [2.05, 4.69) is 35.2 Å². The van der Waals surface area contributed by atoms with E-state index >= 15 is 0 Å². The largest absolute Gasteiger partial charge is 0.480 e. The smallest absolute Gasteiger partial charge is 0.317 e. The number of nitrogens with zero attached hydrogens (tertiary/aromatic N) is 1. The molecule has 0 heterocycles. The normalized spacial score (nSPS) is 26.6. The SMILES string of the molecule is O=C(O)CN(C1CCC(c2ccccc2)CC1)C1CC1. The highest BCUT2D eigenvalue weighted by Crippen LogP contribution is 2.38. The number of aliphatic carboxylic acids is 1. The molecule has 1 aromatic rings. The summed E-state index contributed by atoms with van der Waals surface area (Å²) < 4.78 is 0. The fraction of sp³-hybridized carbons (Fsp3) is 0.588. The van der Waals surface area contributed by atoms with Gasteiger partial charge >= 0.3 is 5.97 Å². The Bertz CT molecular complexity index is 447. The summed E-state index contributed by atoms with van der Waals surface area (Å²) in [6.07, 6.45) is 7.04. The zero-order valence-electron chi connectivity index (χ0n) is 11.9. The number of hydrogen-bond acceptors (Lipinski definition) is 2. The maximum atomic E-state index is 11.0. The molecule has 0 saturated heterocycles. The molecule has 0 unspecified atom stereocenters. The minimum atomic E-state index is -0.679. The van der Waals surface area contributed by atoms with E-state index in [1.807, 2.05) is 0 Å². The van der Waals surface area contributed by atoms with Gasteiger partial charge in [-0.05, 0) is 50.0 Å². The molecule has 1 N–H and O–H groups in total. The van der Waals surface area contributed by atoms with Crippen LogP contribution in [0.15, 0.2) is 30.3 Å². The molecule has 2 aliphatic carbocycles. The van der Waals surface area contributed by atoms with Crippen LogP contribution in [0.4, 0.5) is 0 Å². The van der Waals surface area contributed by atoms with Gasteiger partial charge in [-0.25, -0.2) is 0 Å². The lowest BCUT2D eigenvalue weighted by Crippen LogP contribution is -2.42. The molecule has 3 heteroatoms. The number of benzene rings is 1. The molecule has 20 heavy (non-hydrogen) atoms. The number of hydrogen-bond donors (Lipinski definition) is 1. The summed E-state index contributed by atoms with van der Waals surface area (Å²) in [6, 6.07) is 11.8. The summed E-state index contributed by atoms with van der Waals surface area (Å²) in [6.45, 7) is 0.228. The van der Waals surface area contributed by atoms with Crippen LogP contribution in [0.1, 0.15) is 50.0 Å². The van der Waals surface area contributed by atoms with Crippen molar-refractivity contribution >= 4 is 5.97 Å². The van der Waals surface area contributed by atoms with Gasteiger partial charge in [0.05, 0.1) is 6.54 Å². The van der Waals surface area contributed by atoms with Gasteiger partial charge in [0.15, 0.2) is 0 Å². The second-order valence-electron chi connectivity index (χ2n) is 6.21. The van der Waals surface area contributed by atoms with Crippen LogP contribution in [0.5, 0.6) is 0 Å². The lowest BCUT2D eigenvalue weighted by Gasteiger charge is -2.36. The van der Waals surface area contributed by atoms with Crippen LogP contribution < -0.4 is 0 Å². The van der Waals surface area contributed by atoms with Crippen LogP contribution in [-0.4, -0.2) is 34.6 Å². The molecule has 2 fully saturated rings. The molecule has 0 bridgehead atoms. The third kappa shape index (κ3) is 3.21. The lowest BCUT2D eigenvalue weighted by molar-refractivity contribution is -0.139. The van der Waals surface area contributed by atoms with Crippen molar-refractivity contribution in [1.29, 1.82) is 0 Å². The molecule has 0 radical (unpaired) electrons. The Morgan fingerprint density at radius 1 is 1.00 bits per heavy atom. The van der Waals surface area contributed by atoms with Crippen molar-refractivity contribution < 1.29 is 9.90 Å². The highest BCUT2D eigenvalue weighted by Gasteiger charge is 2.36. The highest BCUT2D eigenvalue weighted by atomic mass is 16.4. The number of carboxylic acids is 1. The highest BCUT2D eigenvalue weighted by molar-refractivity contribution is 5.69. The van der Waals surface area contributed by atoms with Gasteiger partial charge in [0.1, 0.15) is 0 Å². The maximum Gasteiger partial charge on any atom is 0.317 e. The fourth-order valence-electron chi connectivity index (χ4n) is 3.58. The van der Waals surface area contributed by atoms with Gasteiger partial charge in [0.2, 0.25) is 0 Å². The Balaban J connectivity index is 1.58. The first-order valence-corrected chi connectivity index (χ1v) is 7.76. The standard InChI is InChI=1S/C17H23NO2/c19-17(20)12-18(16-10-11-16)15-8-6-14(7-9-15)13-4-2-1-3-5-13/h1-5,14-16H,6-12H2,(H,19,20). The van der Waals surface area contributed by atoms with Crippen LogP contribution in [0.25, 0.3) is 0 Å². The van der Waals surface area contributed by atoms with E-state index in [-0.39, 0.29) is 6.54 Å². The van der Waals surface area contributed by atoms with E-state index < -0.39 is 5.97 Å². The molecule has 0 amide bonds. The summed E-state index contributed by atoms with van der Waals surface area (Å²) >= 11 is 0. The van der Waals surface area contributed by atoms with Gasteiger partial charge in [-0.2, -0.15) is 0 Å². The number of carbonyl (C=O) groups is 1. The minimum absolute atomic E-state index is 0.228. The van der Waals surface area contributed by atoms with E-state index in [0.29, 0.717) is 18.0 Å². The monoisotopic (exact) mass is 273 g/mol. The van der Waals surface area contributed by atoms with Crippen molar-refractivity contribution in [3.05, 3.63) is 35.9 Å². The van der Waals surface area contributed by atoms with Gasteiger partial charge in [-0.15, -0.1) is 0 Å². The molecule has 2 saturated carbocycles. The molecular formula is C17H23NO2. The molecule has 2 aliphatic rings. The van der Waals surface area contributed by atoms with E-state index in [1.165, 1.54) is 31.2 Å². The fourth-order valence-corrected chi connectivity index (χ4v) is 3.58. The average molecular weight is 273 g/mol. The first kappa shape index (κ1) is 13.6. The minimum Gasteiger partial charge on any atom is -0.480 e. The quantitative estimate of drug-likeness (QED) is 0.895. The van der Waals surface area contributed by atoms with Crippen molar-refractivity contribution in [2.24, 2.45) is 0 Å². The zero-order chi connectivity index (χ0) is 13.9. The second kappa shape index (κ2) is 5.96. The predicted octanol–water partition coefficient (Wildman–Crippen LogP) is 3.26. The Morgan fingerprint density at radius 2 is 1.55 bits per heavy atom. The molecule has 3 nitrogen and oxygen atoms in total. The first-order valence-electron chi connectivity index (χ1n) is 7.76. The van der Waals surface area contributed by atoms with Crippen molar-refractivity contribution in [2.75, 3.05) is 6.54 Å². The molecular weight excluding hydrogens is 250 g/mol. The average Bonchev–Trinajstić information content (AvgIpc) is 3.30. The summed E-state index contributed by atoms with van der Waals surface area (Å²) in [5.41, 5.74) is 1.45. The van der Waals surface area contributed by atoms with Crippen LogP contribution in [0.2, 0.25) is 0 Å². The summed E-state index contributed by atoms with van der Waals surface area (Å²) in [5, 5.41) is 9.08. The Hall–Kier alpha value is -1.35. The Kier molecular flexibility index (Phi) is 4.06. The topological polar surface area (TPSA) is 40.5 Å². The third-order valence-corrected chi connectivity index (χ3v) is 4.77. The Labute approximate surface area is 120 Å². The second-order valence-corrected chi connectivity index (χ2v) is 6.21. The van der Waals surface area contributed by atoms with Crippen LogP contribution >= 0.6 is 0 Å². The van der Waals surface area contributed by atoms with Crippen molar-refractivity contribution in [3.63, 3.8) is 0 Å². The number of rotatable bonds is 5. The van der Waals surface area contributed by atoms with Crippen LogP contribution in [-0.2, 0) is 4.79 Å². The number of carboxylic acid groups (broad SMARTS) is 1. The van der Waals surface area contributed by atoms with Gasteiger partial charge in [0, 0.05) is 12.1 Å². The molecule has 3 rings (SSSR count). The summed E-state index contributed by atoms with van der Waals surface area (Å²) in [5.74, 6) is -0.0135. The van der Waals surface area contributed by atoms with E-state index in [0.717, 1.165) is 12.8 Å². The zero-order valence-corrected chi connectivity index (χ0v) is 11.9. The molecule has 0 aromatic heterocycles. The van der Waals surface area contributed by atoms with Crippen molar-refractivity contribution in [2.45, 2.75) is 56.5 Å². The molecule has 1 aromatic carbocycles. The summed E-state index contributed by atoms with van der Waals surface area (Å²) in [4.78, 5) is 13.3. The lowest BCUT2D eigenvalue weighted by atomic mass is 9.81. The van der Waals surface area contributed by atoms with Crippen LogP contribution in [0.3, 0.4) is 0 Å². The van der Waals surface area contributed by atoms with Crippen LogP contribution in [0, 0.1) is 0 Å². The predicted molar refractivity (Wildman–Crippen MR) is 78.8 cm³/mol. The van der Waals surface area contributed by atoms with Gasteiger partial charge < -0.3 is 5.11 Å². The maximum absolute atomic E-state index is 11.0. The van der Waals surface area contributed by atoms with E-state index in [1.54, 1.807) is 0 Å². The van der Waals surface area contributed by atoms with Crippen molar-refractivity contribution in [3.8, 4) is 0 Å². The van der Waals surface area contributed by atoms with E-state index in [4.69, 9.17) is 5.11 Å². The Morgan fingerprint density at radius 3 is 2.05 bits per heavy atom. The van der Waals surface area contributed by atoms with Crippen molar-refractivity contribution in [1.82, 2.24) is 4.90 Å². The molecule has 108 valence electrons. The van der Waals surface area contributed by atoms with Gasteiger partial charge in [-0.1, -0.05) is 30.3 Å². The van der Waals surface area contributed by atoms with E-state index in [9.17, 15) is 4.79 Å². The first-order chi connectivity index (χ1) is 9.74. The van der Waals surface area contributed by atoms with Gasteiger partial charge in [0.25, 0.3) is 0 Å².